The topological polar surface area (TPSA) is 37.3 Å². The molecule has 0 unspecified atom stereocenters. The Morgan fingerprint density at radius 3 is 2.67 bits per heavy atom. The molecule has 0 bridgehead atoms. The average molecular weight is 166 g/mol. The van der Waals surface area contributed by atoms with Gasteiger partial charge in [-0.25, -0.2) is 0 Å². The molecule has 0 radical (unpaired) electrons. The van der Waals surface area contributed by atoms with Crippen molar-refractivity contribution in [2.75, 3.05) is 16.6 Å². The van der Waals surface area contributed by atoms with Crippen molar-refractivity contribution in [1.82, 2.24) is 0 Å². The molecule has 0 aliphatic rings. The van der Waals surface area contributed by atoms with Gasteiger partial charge in [0.25, 0.3) is 0 Å². The number of rotatable bonds is 5. The average Bonchev–Trinajstić information content (AvgIpc) is 1.80. The number of carbonyl (C=O) groups is 1. The predicted octanol–water partition coefficient (Wildman–Crippen LogP) is 1.51. The monoisotopic (exact) mass is 166 g/mol. The summed E-state index contributed by atoms with van der Waals surface area (Å²) in [6, 6.07) is 0. The molecule has 0 fully saturated rings. The summed E-state index contributed by atoms with van der Waals surface area (Å²) in [4.78, 5) is 9.93. The maximum absolute atomic E-state index is 9.93. The summed E-state index contributed by atoms with van der Waals surface area (Å²) in [5.41, 5.74) is 0. The van der Waals surface area contributed by atoms with Gasteiger partial charge in [0.15, 0.2) is 0 Å². The zero-order chi connectivity index (χ0) is 7.11. The van der Waals surface area contributed by atoms with Crippen LogP contribution in [-0.2, 0) is 4.79 Å². The fourth-order valence-electron chi connectivity index (χ4n) is 0.271. The van der Waals surface area contributed by atoms with Gasteiger partial charge >= 0.3 is 5.97 Å². The second-order valence-corrected chi connectivity index (χ2v) is 3.98. The van der Waals surface area contributed by atoms with Crippen molar-refractivity contribution in [2.24, 2.45) is 0 Å². The molecule has 0 aliphatic heterocycles. The van der Waals surface area contributed by atoms with Crippen LogP contribution in [0.25, 0.3) is 0 Å². The molecule has 0 aliphatic carbocycles. The molecule has 0 aromatic carbocycles. The SMILES string of the molecule is CCSCSCC(=O)O. The molecular weight excluding hydrogens is 156 g/mol. The maximum atomic E-state index is 9.93. The molecule has 0 spiro atoms. The molecule has 0 saturated heterocycles. The summed E-state index contributed by atoms with van der Waals surface area (Å²) in [7, 11) is 0. The summed E-state index contributed by atoms with van der Waals surface area (Å²) >= 11 is 3.20. The van der Waals surface area contributed by atoms with E-state index in [0.29, 0.717) is 0 Å². The van der Waals surface area contributed by atoms with Crippen molar-refractivity contribution in [2.45, 2.75) is 6.92 Å². The molecule has 2 nitrogen and oxygen atoms in total. The zero-order valence-electron chi connectivity index (χ0n) is 5.29. The van der Waals surface area contributed by atoms with E-state index in [9.17, 15) is 4.79 Å². The van der Waals surface area contributed by atoms with E-state index >= 15 is 0 Å². The third-order valence-electron chi connectivity index (χ3n) is 0.596. The number of carboxylic acids is 1. The van der Waals surface area contributed by atoms with E-state index < -0.39 is 5.97 Å². The summed E-state index contributed by atoms with van der Waals surface area (Å²) in [6.45, 7) is 2.06. The first-order valence-electron chi connectivity index (χ1n) is 2.64. The second kappa shape index (κ2) is 6.29. The number of hydrogen-bond donors (Lipinski definition) is 1. The quantitative estimate of drug-likeness (QED) is 0.496. The number of hydrogen-bond acceptors (Lipinski definition) is 3. The van der Waals surface area contributed by atoms with Crippen LogP contribution >= 0.6 is 23.5 Å². The van der Waals surface area contributed by atoms with E-state index in [1.807, 2.05) is 0 Å². The van der Waals surface area contributed by atoms with Crippen molar-refractivity contribution in [3.8, 4) is 0 Å². The second-order valence-electron chi connectivity index (χ2n) is 1.35. The Labute approximate surface area is 63.4 Å². The molecule has 1 N–H and O–H groups in total. The van der Waals surface area contributed by atoms with Crippen LogP contribution in [0.15, 0.2) is 0 Å². The maximum Gasteiger partial charge on any atom is 0.313 e. The van der Waals surface area contributed by atoms with Crippen LogP contribution in [0.1, 0.15) is 6.92 Å². The van der Waals surface area contributed by atoms with Gasteiger partial charge in [0, 0.05) is 5.08 Å². The van der Waals surface area contributed by atoms with Gasteiger partial charge in [-0.15, -0.1) is 11.8 Å². The third-order valence-corrected chi connectivity index (χ3v) is 2.79. The van der Waals surface area contributed by atoms with Crippen LogP contribution in [0.2, 0.25) is 0 Å². The molecule has 4 heteroatoms. The van der Waals surface area contributed by atoms with Gasteiger partial charge in [0.2, 0.25) is 0 Å². The molecule has 0 rings (SSSR count). The largest absolute Gasteiger partial charge is 0.481 e. The standard InChI is InChI=1S/C5H10O2S2/c1-2-8-4-9-3-5(6)7/h2-4H2,1H3,(H,6,7). The highest BCUT2D eigenvalue weighted by atomic mass is 32.2. The normalized spacial score (nSPS) is 9.44. The lowest BCUT2D eigenvalue weighted by atomic mass is 10.8. The molecule has 0 heterocycles. The Hall–Kier alpha value is 0.170. The van der Waals surface area contributed by atoms with Crippen LogP contribution in [0, 0.1) is 0 Å². The molecule has 54 valence electrons. The van der Waals surface area contributed by atoms with Crippen molar-refractivity contribution >= 4 is 29.5 Å². The number of aliphatic carboxylic acids is 1. The van der Waals surface area contributed by atoms with Crippen molar-refractivity contribution in [3.63, 3.8) is 0 Å². The molecule has 9 heavy (non-hydrogen) atoms. The smallest absolute Gasteiger partial charge is 0.313 e. The van der Waals surface area contributed by atoms with E-state index in [2.05, 4.69) is 6.92 Å². The van der Waals surface area contributed by atoms with Crippen molar-refractivity contribution < 1.29 is 9.90 Å². The highest BCUT2D eigenvalue weighted by molar-refractivity contribution is 8.16. The van der Waals surface area contributed by atoms with Crippen LogP contribution in [-0.4, -0.2) is 27.7 Å². The minimum absolute atomic E-state index is 0.229. The molecule has 0 saturated carbocycles. The number of carboxylic acid groups (broad SMARTS) is 1. The van der Waals surface area contributed by atoms with E-state index in [-0.39, 0.29) is 5.75 Å². The van der Waals surface area contributed by atoms with Gasteiger partial charge in [-0.3, -0.25) is 4.79 Å². The Morgan fingerprint density at radius 1 is 1.56 bits per heavy atom. The van der Waals surface area contributed by atoms with Gasteiger partial charge < -0.3 is 5.11 Å². The lowest BCUT2D eigenvalue weighted by Gasteiger charge is -1.93. The van der Waals surface area contributed by atoms with E-state index in [1.54, 1.807) is 11.8 Å². The lowest BCUT2D eigenvalue weighted by molar-refractivity contribution is -0.133. The fourth-order valence-corrected chi connectivity index (χ4v) is 1.92. The zero-order valence-corrected chi connectivity index (χ0v) is 6.93. The van der Waals surface area contributed by atoms with Crippen LogP contribution in [0.5, 0.6) is 0 Å². The Kier molecular flexibility index (Phi) is 6.41. The first-order chi connectivity index (χ1) is 4.27. The minimum atomic E-state index is -0.725. The van der Waals surface area contributed by atoms with E-state index in [0.717, 1.165) is 10.8 Å². The number of thioether (sulfide) groups is 2. The van der Waals surface area contributed by atoms with Crippen LogP contribution < -0.4 is 0 Å². The van der Waals surface area contributed by atoms with Crippen molar-refractivity contribution in [3.05, 3.63) is 0 Å². The lowest BCUT2D eigenvalue weighted by Crippen LogP contribution is -1.97. The Morgan fingerprint density at radius 2 is 2.22 bits per heavy atom. The molecule has 0 atom stereocenters. The van der Waals surface area contributed by atoms with Gasteiger partial charge in [0.05, 0.1) is 5.75 Å². The van der Waals surface area contributed by atoms with Crippen molar-refractivity contribution in [1.29, 1.82) is 0 Å². The summed E-state index contributed by atoms with van der Waals surface area (Å²) in [5, 5.41) is 9.07. The highest BCUT2D eigenvalue weighted by Crippen LogP contribution is 2.10. The van der Waals surface area contributed by atoms with Gasteiger partial charge in [-0.1, -0.05) is 6.92 Å². The Balaban J connectivity index is 2.83. The molecular formula is C5H10O2S2. The van der Waals surface area contributed by atoms with Crippen LogP contribution in [0.3, 0.4) is 0 Å². The minimum Gasteiger partial charge on any atom is -0.481 e. The Bertz CT molecular complexity index is 85.0. The first-order valence-corrected chi connectivity index (χ1v) is 4.95. The van der Waals surface area contributed by atoms with Gasteiger partial charge in [-0.05, 0) is 5.75 Å². The third kappa shape index (κ3) is 8.17. The van der Waals surface area contributed by atoms with E-state index in [4.69, 9.17) is 5.11 Å². The molecule has 0 aromatic heterocycles. The van der Waals surface area contributed by atoms with Crippen LogP contribution in [0.4, 0.5) is 0 Å². The van der Waals surface area contributed by atoms with Gasteiger partial charge in [-0.2, -0.15) is 11.8 Å². The fraction of sp³-hybridized carbons (Fsp3) is 0.800. The highest BCUT2D eigenvalue weighted by Gasteiger charge is 1.94. The van der Waals surface area contributed by atoms with E-state index in [1.165, 1.54) is 11.8 Å². The predicted molar refractivity (Wildman–Crippen MR) is 43.1 cm³/mol. The van der Waals surface area contributed by atoms with Gasteiger partial charge in [0.1, 0.15) is 0 Å². The summed E-state index contributed by atoms with van der Waals surface area (Å²) in [5.74, 6) is 0.566. The summed E-state index contributed by atoms with van der Waals surface area (Å²) < 4.78 is 0. The first kappa shape index (κ1) is 9.17. The molecule has 0 amide bonds. The molecule has 0 aromatic rings. The summed E-state index contributed by atoms with van der Waals surface area (Å²) in [6.07, 6.45) is 0.